The minimum atomic E-state index is -3.07. The summed E-state index contributed by atoms with van der Waals surface area (Å²) in [6, 6.07) is 6.51. The van der Waals surface area contributed by atoms with Crippen molar-refractivity contribution in [2.24, 2.45) is 16.6 Å². The summed E-state index contributed by atoms with van der Waals surface area (Å²) in [5.74, 6) is 0.671. The van der Waals surface area contributed by atoms with E-state index in [0.717, 1.165) is 31.9 Å². The zero-order valence-electron chi connectivity index (χ0n) is 15.4. The van der Waals surface area contributed by atoms with Gasteiger partial charge in [0.25, 0.3) is 0 Å². The van der Waals surface area contributed by atoms with Crippen LogP contribution in [0.2, 0.25) is 0 Å². The second-order valence-electron chi connectivity index (χ2n) is 6.73. The van der Waals surface area contributed by atoms with Gasteiger partial charge in [0.15, 0.2) is 5.96 Å². The highest BCUT2D eigenvalue weighted by molar-refractivity contribution is 14.0. The normalized spacial score (nSPS) is 19.6. The molecule has 0 bridgehead atoms. The molecule has 1 aromatic carbocycles. The predicted octanol–water partition coefficient (Wildman–Crippen LogP) is 1.16. The van der Waals surface area contributed by atoms with E-state index in [4.69, 9.17) is 5.73 Å². The van der Waals surface area contributed by atoms with E-state index in [1.807, 2.05) is 4.90 Å². The van der Waals surface area contributed by atoms with Crippen molar-refractivity contribution in [3.8, 4) is 0 Å². The molecule has 152 valence electrons. The van der Waals surface area contributed by atoms with Crippen LogP contribution in [0, 0.1) is 11.7 Å². The number of halogens is 2. The molecule has 2 N–H and O–H groups in total. The Labute approximate surface area is 177 Å². The first kappa shape index (κ1) is 22.2. The molecular weight excluding hydrogens is 484 g/mol. The summed E-state index contributed by atoms with van der Waals surface area (Å²) < 4.78 is 37.9. The number of rotatable bonds is 5. The first-order valence-electron chi connectivity index (χ1n) is 8.92. The average molecular weight is 511 g/mol. The van der Waals surface area contributed by atoms with Gasteiger partial charge < -0.3 is 15.5 Å². The van der Waals surface area contributed by atoms with Crippen LogP contribution >= 0.6 is 24.0 Å². The largest absolute Gasteiger partial charge is 0.370 e. The Morgan fingerprint density at radius 2 is 1.78 bits per heavy atom. The van der Waals surface area contributed by atoms with Gasteiger partial charge in [0.2, 0.25) is 10.0 Å². The van der Waals surface area contributed by atoms with Crippen LogP contribution in [0.5, 0.6) is 0 Å². The number of nitrogens with zero attached hydrogens (tertiary/aromatic N) is 4. The van der Waals surface area contributed by atoms with Crippen LogP contribution in [-0.2, 0) is 10.0 Å². The molecule has 7 nitrogen and oxygen atoms in total. The van der Waals surface area contributed by atoms with Gasteiger partial charge in [-0.15, -0.1) is 24.0 Å². The Balaban J connectivity index is 0.00000261. The molecule has 0 amide bonds. The van der Waals surface area contributed by atoms with Gasteiger partial charge >= 0.3 is 0 Å². The maximum Gasteiger partial charge on any atom is 0.213 e. The van der Waals surface area contributed by atoms with Crippen molar-refractivity contribution in [2.45, 2.75) is 6.92 Å². The molecule has 27 heavy (non-hydrogen) atoms. The maximum atomic E-state index is 13.0. The average Bonchev–Trinajstić information content (AvgIpc) is 2.61. The number of aliphatic imine (C=N–C) groups is 1. The summed E-state index contributed by atoms with van der Waals surface area (Å²) in [5, 5.41) is 0. The number of hydrogen-bond donors (Lipinski definition) is 1. The lowest BCUT2D eigenvalue weighted by molar-refractivity contribution is 0.207. The third-order valence-electron chi connectivity index (χ3n) is 4.99. The highest BCUT2D eigenvalue weighted by Gasteiger charge is 2.34. The molecule has 0 saturated carbocycles. The Morgan fingerprint density at radius 3 is 2.33 bits per heavy atom. The fourth-order valence-electron chi connectivity index (χ4n) is 3.22. The third-order valence-corrected chi connectivity index (χ3v) is 6.80. The molecule has 0 aliphatic carbocycles. The fraction of sp³-hybridized carbons (Fsp3) is 0.588. The highest BCUT2D eigenvalue weighted by atomic mass is 127. The number of nitrogens with two attached hydrogens (primary N) is 1. The quantitative estimate of drug-likeness (QED) is 0.365. The van der Waals surface area contributed by atoms with E-state index in [1.54, 1.807) is 19.1 Å². The van der Waals surface area contributed by atoms with Gasteiger partial charge in [0, 0.05) is 57.4 Å². The lowest BCUT2D eigenvalue weighted by atomic mass is 10.0. The van der Waals surface area contributed by atoms with Crippen LogP contribution < -0.4 is 10.6 Å². The molecule has 0 atom stereocenters. The number of piperazine rings is 1. The van der Waals surface area contributed by atoms with E-state index >= 15 is 0 Å². The van der Waals surface area contributed by atoms with Crippen LogP contribution in [-0.4, -0.2) is 75.1 Å². The molecule has 1 aromatic rings. The standard InChI is InChI=1S/C17H26FN5O2S.HI/c1-2-26(24,25)23-12-14(13-23)11-20-17(19)22-9-7-21(8-10-22)16-5-3-15(18)4-6-16;/h3-6,14H,2,7-13H2,1H3,(H2,19,20);1H. The molecule has 3 rings (SSSR count). The molecule has 10 heteroatoms. The van der Waals surface area contributed by atoms with E-state index in [1.165, 1.54) is 16.4 Å². The molecule has 0 spiro atoms. The van der Waals surface area contributed by atoms with Crippen molar-refractivity contribution in [3.63, 3.8) is 0 Å². The molecule has 2 aliphatic heterocycles. The maximum absolute atomic E-state index is 13.0. The molecule has 0 radical (unpaired) electrons. The van der Waals surface area contributed by atoms with Crippen LogP contribution in [0.1, 0.15) is 6.92 Å². The zero-order valence-corrected chi connectivity index (χ0v) is 18.6. The molecule has 0 aromatic heterocycles. The first-order chi connectivity index (χ1) is 12.4. The minimum Gasteiger partial charge on any atom is -0.370 e. The van der Waals surface area contributed by atoms with E-state index in [2.05, 4.69) is 9.89 Å². The number of benzene rings is 1. The van der Waals surface area contributed by atoms with Gasteiger partial charge in [-0.3, -0.25) is 4.99 Å². The minimum absolute atomic E-state index is 0. The monoisotopic (exact) mass is 511 g/mol. The van der Waals surface area contributed by atoms with Crippen molar-refractivity contribution < 1.29 is 12.8 Å². The van der Waals surface area contributed by atoms with Crippen LogP contribution in [0.25, 0.3) is 0 Å². The van der Waals surface area contributed by atoms with E-state index in [-0.39, 0.29) is 41.5 Å². The highest BCUT2D eigenvalue weighted by Crippen LogP contribution is 2.20. The Kier molecular flexibility index (Phi) is 7.69. The summed E-state index contributed by atoms with van der Waals surface area (Å²) in [5.41, 5.74) is 7.11. The lowest BCUT2D eigenvalue weighted by Gasteiger charge is -2.38. The van der Waals surface area contributed by atoms with Crippen LogP contribution in [0.3, 0.4) is 0 Å². The summed E-state index contributed by atoms with van der Waals surface area (Å²) in [7, 11) is -3.07. The van der Waals surface area contributed by atoms with Gasteiger partial charge in [0.1, 0.15) is 5.82 Å². The Morgan fingerprint density at radius 1 is 1.19 bits per heavy atom. The summed E-state index contributed by atoms with van der Waals surface area (Å²) in [6.07, 6.45) is 0. The van der Waals surface area contributed by atoms with E-state index in [9.17, 15) is 12.8 Å². The van der Waals surface area contributed by atoms with Crippen molar-refractivity contribution in [1.82, 2.24) is 9.21 Å². The van der Waals surface area contributed by atoms with Gasteiger partial charge in [-0.05, 0) is 31.2 Å². The third kappa shape index (κ3) is 5.44. The SMILES string of the molecule is CCS(=O)(=O)N1CC(CN=C(N)N2CCN(c3ccc(F)cc3)CC2)C1.I. The van der Waals surface area contributed by atoms with Crippen molar-refractivity contribution in [1.29, 1.82) is 0 Å². The number of hydrogen-bond acceptors (Lipinski definition) is 4. The lowest BCUT2D eigenvalue weighted by Crippen LogP contribution is -2.53. The van der Waals surface area contributed by atoms with Crippen molar-refractivity contribution >= 4 is 45.6 Å². The second-order valence-corrected chi connectivity index (χ2v) is 8.99. The number of sulfonamides is 1. The van der Waals surface area contributed by atoms with Gasteiger partial charge in [0.05, 0.1) is 5.75 Å². The first-order valence-corrected chi connectivity index (χ1v) is 10.5. The van der Waals surface area contributed by atoms with E-state index in [0.29, 0.717) is 25.6 Å². The molecule has 0 unspecified atom stereocenters. The van der Waals surface area contributed by atoms with Crippen molar-refractivity contribution in [3.05, 3.63) is 30.1 Å². The van der Waals surface area contributed by atoms with Gasteiger partial charge in [-0.1, -0.05) is 0 Å². The molecule has 2 aliphatic rings. The predicted molar refractivity (Wildman–Crippen MR) is 117 cm³/mol. The van der Waals surface area contributed by atoms with Gasteiger partial charge in [-0.25, -0.2) is 17.1 Å². The molecular formula is C17H27FIN5O2S. The van der Waals surface area contributed by atoms with Crippen LogP contribution in [0.4, 0.5) is 10.1 Å². The number of guanidine groups is 1. The summed E-state index contributed by atoms with van der Waals surface area (Å²) in [4.78, 5) is 8.69. The number of anilines is 1. The Hall–Kier alpha value is -1.14. The zero-order chi connectivity index (χ0) is 18.7. The van der Waals surface area contributed by atoms with Gasteiger partial charge in [-0.2, -0.15) is 0 Å². The van der Waals surface area contributed by atoms with Crippen LogP contribution in [0.15, 0.2) is 29.3 Å². The topological polar surface area (TPSA) is 82.2 Å². The Bertz CT molecular complexity index is 745. The molecule has 2 heterocycles. The second kappa shape index (κ2) is 9.37. The molecule has 2 saturated heterocycles. The summed E-state index contributed by atoms with van der Waals surface area (Å²) >= 11 is 0. The van der Waals surface area contributed by atoms with Crippen molar-refractivity contribution in [2.75, 3.05) is 56.5 Å². The molecule has 2 fully saturated rings. The fourth-order valence-corrected chi connectivity index (χ4v) is 4.46. The smallest absolute Gasteiger partial charge is 0.213 e. The summed E-state index contributed by atoms with van der Waals surface area (Å²) in [6.45, 7) is 6.39. The van der Waals surface area contributed by atoms with E-state index < -0.39 is 10.0 Å².